The molecule has 0 aliphatic heterocycles. The molecule has 1 saturated carbocycles. The zero-order valence-electron chi connectivity index (χ0n) is 13.1. The van der Waals surface area contributed by atoms with Crippen molar-refractivity contribution in [2.24, 2.45) is 11.8 Å². The van der Waals surface area contributed by atoms with E-state index < -0.39 is 5.97 Å². The van der Waals surface area contributed by atoms with E-state index in [9.17, 15) is 9.59 Å². The molecule has 3 N–H and O–H groups in total. The molecule has 0 saturated heterocycles. The quantitative estimate of drug-likeness (QED) is 0.801. The Balaban J connectivity index is 2.16. The zero-order chi connectivity index (χ0) is 15.7. The number of hydrogen-bond acceptors (Lipinski definition) is 2. The summed E-state index contributed by atoms with van der Waals surface area (Å²) in [6.07, 6.45) is 3.24. The van der Waals surface area contributed by atoms with E-state index in [0.717, 1.165) is 19.3 Å². The number of rotatable bonds is 3. The summed E-state index contributed by atoms with van der Waals surface area (Å²) in [5, 5.41) is 12.2. The summed E-state index contributed by atoms with van der Waals surface area (Å²) < 4.78 is 0. The molecule has 21 heavy (non-hydrogen) atoms. The molecule has 0 radical (unpaired) electrons. The van der Waals surface area contributed by atoms with Crippen molar-refractivity contribution in [2.75, 3.05) is 0 Å². The summed E-state index contributed by atoms with van der Waals surface area (Å²) in [6, 6.07) is 0.177. The van der Waals surface area contributed by atoms with Gasteiger partial charge in [-0.15, -0.1) is 0 Å². The van der Waals surface area contributed by atoms with Crippen LogP contribution in [0.3, 0.4) is 0 Å². The Bertz CT molecular complexity index is 562. The monoisotopic (exact) mass is 292 g/mol. The maximum atomic E-state index is 12.5. The largest absolute Gasteiger partial charge is 0.477 e. The summed E-state index contributed by atoms with van der Waals surface area (Å²) in [4.78, 5) is 26.4. The number of carboxylic acids is 1. The minimum Gasteiger partial charge on any atom is -0.477 e. The maximum Gasteiger partial charge on any atom is 0.352 e. The standard InChI is InChI=1S/C16H24N2O3/c1-8-5-6-12(9(2)7-8)18-15(19)13-10(3)14(16(20)21)17-11(13)4/h8-9,12,17H,5-7H2,1-4H3,(H,18,19)(H,20,21). The van der Waals surface area contributed by atoms with Gasteiger partial charge in [0.15, 0.2) is 0 Å². The van der Waals surface area contributed by atoms with Gasteiger partial charge in [-0.1, -0.05) is 13.8 Å². The number of aromatic carboxylic acids is 1. The Morgan fingerprint density at radius 1 is 1.24 bits per heavy atom. The highest BCUT2D eigenvalue weighted by molar-refractivity contribution is 6.00. The molecule has 0 bridgehead atoms. The highest BCUT2D eigenvalue weighted by Crippen LogP contribution is 2.29. The van der Waals surface area contributed by atoms with Crippen LogP contribution in [0.25, 0.3) is 0 Å². The van der Waals surface area contributed by atoms with Crippen LogP contribution in [0.2, 0.25) is 0 Å². The number of amides is 1. The molecule has 1 aliphatic rings. The molecule has 1 aromatic rings. The molecule has 3 atom stereocenters. The summed E-state index contributed by atoms with van der Waals surface area (Å²) in [5.74, 6) is -0.0339. The average Bonchev–Trinajstić information content (AvgIpc) is 2.68. The number of carbonyl (C=O) groups is 2. The van der Waals surface area contributed by atoms with Crippen LogP contribution in [0.4, 0.5) is 0 Å². The number of aryl methyl sites for hydroxylation is 1. The van der Waals surface area contributed by atoms with Crippen molar-refractivity contribution in [1.82, 2.24) is 10.3 Å². The molecule has 5 heteroatoms. The normalized spacial score (nSPS) is 25.6. The van der Waals surface area contributed by atoms with Crippen LogP contribution in [0, 0.1) is 25.7 Å². The van der Waals surface area contributed by atoms with Gasteiger partial charge in [-0.05, 0) is 50.5 Å². The van der Waals surface area contributed by atoms with Crippen LogP contribution in [-0.2, 0) is 0 Å². The van der Waals surface area contributed by atoms with Crippen molar-refractivity contribution in [3.05, 3.63) is 22.5 Å². The van der Waals surface area contributed by atoms with Crippen LogP contribution in [0.1, 0.15) is 65.2 Å². The number of carbonyl (C=O) groups excluding carboxylic acids is 1. The maximum absolute atomic E-state index is 12.5. The van der Waals surface area contributed by atoms with Gasteiger partial charge in [0.05, 0.1) is 5.56 Å². The molecule has 1 aromatic heterocycles. The highest BCUT2D eigenvalue weighted by atomic mass is 16.4. The number of aromatic nitrogens is 1. The van der Waals surface area contributed by atoms with Crippen molar-refractivity contribution in [2.45, 2.75) is 53.0 Å². The van der Waals surface area contributed by atoms with E-state index in [1.807, 2.05) is 0 Å². The summed E-state index contributed by atoms with van der Waals surface area (Å²) in [5.41, 5.74) is 1.69. The summed E-state index contributed by atoms with van der Waals surface area (Å²) in [7, 11) is 0. The lowest BCUT2D eigenvalue weighted by molar-refractivity contribution is 0.0690. The van der Waals surface area contributed by atoms with E-state index >= 15 is 0 Å². The molecule has 0 spiro atoms. The Kier molecular flexibility index (Phi) is 4.40. The Morgan fingerprint density at radius 2 is 1.90 bits per heavy atom. The van der Waals surface area contributed by atoms with Crippen LogP contribution in [0.5, 0.6) is 0 Å². The molecule has 116 valence electrons. The first-order valence-corrected chi connectivity index (χ1v) is 7.54. The van der Waals surface area contributed by atoms with E-state index in [2.05, 4.69) is 24.1 Å². The Hall–Kier alpha value is -1.78. The lowest BCUT2D eigenvalue weighted by atomic mass is 9.80. The van der Waals surface area contributed by atoms with Gasteiger partial charge in [-0.3, -0.25) is 4.79 Å². The third kappa shape index (κ3) is 3.12. The number of aromatic amines is 1. The Labute approximate surface area is 125 Å². The topological polar surface area (TPSA) is 82.2 Å². The van der Waals surface area contributed by atoms with Crippen molar-refractivity contribution in [1.29, 1.82) is 0 Å². The predicted octanol–water partition coefficient (Wildman–Crippen LogP) is 2.88. The second-order valence-electron chi connectivity index (χ2n) is 6.41. The molecule has 0 aromatic carbocycles. The molecule has 2 rings (SSSR count). The third-order valence-electron chi connectivity index (χ3n) is 4.63. The number of carboxylic acid groups (broad SMARTS) is 1. The second-order valence-corrected chi connectivity index (χ2v) is 6.41. The lowest BCUT2D eigenvalue weighted by Gasteiger charge is -2.33. The molecule has 5 nitrogen and oxygen atoms in total. The van der Waals surface area contributed by atoms with Crippen LogP contribution in [0.15, 0.2) is 0 Å². The van der Waals surface area contributed by atoms with Crippen molar-refractivity contribution >= 4 is 11.9 Å². The van der Waals surface area contributed by atoms with E-state index in [1.54, 1.807) is 13.8 Å². The minimum atomic E-state index is -1.03. The zero-order valence-corrected chi connectivity index (χ0v) is 13.1. The number of hydrogen-bond donors (Lipinski definition) is 3. The fourth-order valence-electron chi connectivity index (χ4n) is 3.42. The predicted molar refractivity (Wildman–Crippen MR) is 80.7 cm³/mol. The molecular weight excluding hydrogens is 268 g/mol. The SMILES string of the molecule is Cc1[nH]c(C(=O)O)c(C)c1C(=O)NC1CCC(C)CC1C. The van der Waals surface area contributed by atoms with Crippen molar-refractivity contribution < 1.29 is 14.7 Å². The van der Waals surface area contributed by atoms with Gasteiger partial charge in [0, 0.05) is 11.7 Å². The van der Waals surface area contributed by atoms with E-state index in [4.69, 9.17) is 5.11 Å². The van der Waals surface area contributed by atoms with Gasteiger partial charge in [0.25, 0.3) is 5.91 Å². The first-order valence-electron chi connectivity index (χ1n) is 7.54. The van der Waals surface area contributed by atoms with E-state index in [0.29, 0.717) is 28.7 Å². The smallest absolute Gasteiger partial charge is 0.352 e. The van der Waals surface area contributed by atoms with Gasteiger partial charge >= 0.3 is 5.97 Å². The summed E-state index contributed by atoms with van der Waals surface area (Å²) in [6.45, 7) is 7.82. The van der Waals surface area contributed by atoms with E-state index in [-0.39, 0.29) is 17.6 Å². The van der Waals surface area contributed by atoms with Crippen molar-refractivity contribution in [3.8, 4) is 0 Å². The first-order chi connectivity index (χ1) is 9.81. The number of nitrogens with one attached hydrogen (secondary N) is 2. The molecule has 3 unspecified atom stereocenters. The molecular formula is C16H24N2O3. The second kappa shape index (κ2) is 5.92. The summed E-state index contributed by atoms with van der Waals surface area (Å²) >= 11 is 0. The molecule has 1 amide bonds. The van der Waals surface area contributed by atoms with E-state index in [1.165, 1.54) is 0 Å². The van der Waals surface area contributed by atoms with Crippen molar-refractivity contribution in [3.63, 3.8) is 0 Å². The minimum absolute atomic E-state index is 0.1000. The van der Waals surface area contributed by atoms with Gasteiger partial charge in [-0.25, -0.2) is 4.79 Å². The fraction of sp³-hybridized carbons (Fsp3) is 0.625. The van der Waals surface area contributed by atoms with Gasteiger partial charge in [0.2, 0.25) is 0 Å². The van der Waals surface area contributed by atoms with Crippen LogP contribution in [-0.4, -0.2) is 28.0 Å². The molecule has 1 fully saturated rings. The van der Waals surface area contributed by atoms with Gasteiger partial charge < -0.3 is 15.4 Å². The fourth-order valence-corrected chi connectivity index (χ4v) is 3.42. The van der Waals surface area contributed by atoms with Crippen LogP contribution >= 0.6 is 0 Å². The van der Waals surface area contributed by atoms with Crippen LogP contribution < -0.4 is 5.32 Å². The highest BCUT2D eigenvalue weighted by Gasteiger charge is 2.29. The number of H-pyrrole nitrogens is 1. The van der Waals surface area contributed by atoms with Gasteiger partial charge in [0.1, 0.15) is 5.69 Å². The molecule has 1 heterocycles. The average molecular weight is 292 g/mol. The first kappa shape index (κ1) is 15.6. The Morgan fingerprint density at radius 3 is 2.43 bits per heavy atom. The lowest BCUT2D eigenvalue weighted by Crippen LogP contribution is -2.42. The van der Waals surface area contributed by atoms with Gasteiger partial charge in [-0.2, -0.15) is 0 Å². The molecule has 1 aliphatic carbocycles. The third-order valence-corrected chi connectivity index (χ3v) is 4.63.